The second-order valence-corrected chi connectivity index (χ2v) is 7.91. The van der Waals surface area contributed by atoms with Crippen molar-refractivity contribution in [2.75, 3.05) is 18.8 Å². The Morgan fingerprint density at radius 2 is 2.00 bits per heavy atom. The van der Waals surface area contributed by atoms with E-state index in [1.165, 1.54) is 17.8 Å². The highest BCUT2D eigenvalue weighted by Gasteiger charge is 2.20. The van der Waals surface area contributed by atoms with Gasteiger partial charge in [0.1, 0.15) is 6.61 Å². The zero-order chi connectivity index (χ0) is 19.2. The summed E-state index contributed by atoms with van der Waals surface area (Å²) < 4.78 is 5.29. The van der Waals surface area contributed by atoms with Crippen LogP contribution in [0, 0.1) is 10.1 Å². The van der Waals surface area contributed by atoms with E-state index in [0.29, 0.717) is 16.0 Å². The number of benzene rings is 1. The van der Waals surface area contributed by atoms with Gasteiger partial charge in [0.25, 0.3) is 0 Å². The molecule has 7 nitrogen and oxygen atoms in total. The molecule has 1 aromatic heterocycles. The van der Waals surface area contributed by atoms with Gasteiger partial charge < -0.3 is 9.64 Å². The number of nitro groups is 1. The normalized spacial score (nSPS) is 13.6. The molecule has 9 heteroatoms. The highest BCUT2D eigenvalue weighted by atomic mass is 32.2. The zero-order valence-electron chi connectivity index (χ0n) is 14.5. The van der Waals surface area contributed by atoms with Crippen LogP contribution in [0.3, 0.4) is 0 Å². The molecule has 0 unspecified atom stereocenters. The summed E-state index contributed by atoms with van der Waals surface area (Å²) in [5.74, 6) is -0.159. The Labute approximate surface area is 164 Å². The van der Waals surface area contributed by atoms with Gasteiger partial charge in [0.05, 0.1) is 16.2 Å². The zero-order valence-corrected chi connectivity index (χ0v) is 16.1. The van der Waals surface area contributed by atoms with E-state index >= 15 is 0 Å². The van der Waals surface area contributed by atoms with Gasteiger partial charge in [-0.25, -0.2) is 4.79 Å². The molecule has 0 aliphatic carbocycles. The van der Waals surface area contributed by atoms with Gasteiger partial charge in [0, 0.05) is 35.0 Å². The highest BCUT2D eigenvalue weighted by Crippen LogP contribution is 2.26. The Morgan fingerprint density at radius 1 is 1.26 bits per heavy atom. The molecular weight excluding hydrogens is 388 g/mol. The lowest BCUT2D eigenvalue weighted by atomic mass is 10.2. The van der Waals surface area contributed by atoms with E-state index in [9.17, 15) is 19.7 Å². The fourth-order valence-corrected chi connectivity index (χ4v) is 4.38. The third kappa shape index (κ3) is 5.08. The largest absolute Gasteiger partial charge is 0.457 e. The molecule has 1 amide bonds. The number of likely N-dealkylation sites (tertiary alicyclic amines) is 1. The number of thioether (sulfide) groups is 1. The molecule has 3 rings (SSSR count). The van der Waals surface area contributed by atoms with Crippen LogP contribution in [-0.4, -0.2) is 40.5 Å². The minimum absolute atomic E-state index is 0.0115. The number of esters is 1. The fraction of sp³-hybridized carbons (Fsp3) is 0.333. The lowest BCUT2D eigenvalue weighted by Crippen LogP contribution is -2.29. The molecule has 2 heterocycles. The maximum Gasteiger partial charge on any atom is 0.339 e. The molecule has 1 aliphatic heterocycles. The van der Waals surface area contributed by atoms with E-state index in [1.54, 1.807) is 23.6 Å². The molecule has 1 fully saturated rings. The number of hydrogen-bond donors (Lipinski definition) is 0. The van der Waals surface area contributed by atoms with Crippen molar-refractivity contribution >= 4 is 40.0 Å². The first-order chi connectivity index (χ1) is 13.0. The molecule has 2 aromatic rings. The minimum atomic E-state index is -0.513. The summed E-state index contributed by atoms with van der Waals surface area (Å²) in [4.78, 5) is 37.4. The van der Waals surface area contributed by atoms with Crippen molar-refractivity contribution in [2.45, 2.75) is 24.3 Å². The summed E-state index contributed by atoms with van der Waals surface area (Å²) in [5.41, 5.74) is 0.968. The number of nitrogens with zero attached hydrogens (tertiary/aromatic N) is 2. The molecule has 1 aromatic carbocycles. The van der Waals surface area contributed by atoms with Crippen LogP contribution >= 0.6 is 23.1 Å². The monoisotopic (exact) mass is 406 g/mol. The Kier molecular flexibility index (Phi) is 6.46. The molecule has 0 saturated carbocycles. The average molecular weight is 406 g/mol. The van der Waals surface area contributed by atoms with Gasteiger partial charge in [-0.3, -0.25) is 14.9 Å². The summed E-state index contributed by atoms with van der Waals surface area (Å²) in [5, 5.41) is 12.3. The van der Waals surface area contributed by atoms with Crippen LogP contribution in [0.5, 0.6) is 0 Å². The number of carbonyl (C=O) groups excluding carboxylic acids is 2. The summed E-state index contributed by atoms with van der Waals surface area (Å²) in [7, 11) is 0. The molecule has 0 atom stereocenters. The van der Waals surface area contributed by atoms with Gasteiger partial charge in [-0.15, -0.1) is 11.8 Å². The number of carbonyl (C=O) groups is 2. The maximum atomic E-state index is 12.4. The van der Waals surface area contributed by atoms with Gasteiger partial charge >= 0.3 is 11.0 Å². The summed E-state index contributed by atoms with van der Waals surface area (Å²) in [6, 6.07) is 8.38. The minimum Gasteiger partial charge on any atom is -0.457 e. The summed E-state index contributed by atoms with van der Waals surface area (Å²) in [6.45, 7) is 1.57. The van der Waals surface area contributed by atoms with Crippen LogP contribution in [0.1, 0.15) is 28.8 Å². The fourth-order valence-electron chi connectivity index (χ4n) is 2.72. The van der Waals surface area contributed by atoms with E-state index in [2.05, 4.69) is 0 Å². The molecule has 1 saturated heterocycles. The van der Waals surface area contributed by atoms with Crippen molar-refractivity contribution in [3.63, 3.8) is 0 Å². The number of hydrogen-bond acceptors (Lipinski definition) is 7. The topological polar surface area (TPSA) is 89.7 Å². The van der Waals surface area contributed by atoms with Gasteiger partial charge in [0.15, 0.2) is 0 Å². The van der Waals surface area contributed by atoms with E-state index in [4.69, 9.17) is 4.74 Å². The van der Waals surface area contributed by atoms with Gasteiger partial charge in [-0.1, -0.05) is 23.5 Å². The molecule has 27 heavy (non-hydrogen) atoms. The number of ether oxygens (including phenoxy) is 1. The van der Waals surface area contributed by atoms with Crippen molar-refractivity contribution in [1.29, 1.82) is 0 Å². The Hall–Kier alpha value is -2.39. The van der Waals surface area contributed by atoms with E-state index in [-0.39, 0.29) is 23.3 Å². The number of rotatable bonds is 7. The first kappa shape index (κ1) is 19.4. The lowest BCUT2D eigenvalue weighted by molar-refractivity contribution is -0.380. The third-order valence-electron chi connectivity index (χ3n) is 4.11. The van der Waals surface area contributed by atoms with Gasteiger partial charge in [-0.05, 0) is 25.0 Å². The van der Waals surface area contributed by atoms with Crippen LogP contribution in [0.15, 0.2) is 40.6 Å². The molecular formula is C18H18N2O5S2. The Balaban J connectivity index is 1.59. The summed E-state index contributed by atoms with van der Waals surface area (Å²) in [6.07, 6.45) is 2.08. The van der Waals surface area contributed by atoms with E-state index in [0.717, 1.165) is 37.3 Å². The predicted molar refractivity (Wildman–Crippen MR) is 103 cm³/mol. The van der Waals surface area contributed by atoms with Crippen molar-refractivity contribution in [2.24, 2.45) is 0 Å². The smallest absolute Gasteiger partial charge is 0.339 e. The van der Waals surface area contributed by atoms with Crippen LogP contribution in [0.25, 0.3) is 0 Å². The molecule has 1 aliphatic rings. The lowest BCUT2D eigenvalue weighted by Gasteiger charge is -2.15. The average Bonchev–Trinajstić information content (AvgIpc) is 3.36. The van der Waals surface area contributed by atoms with Gasteiger partial charge in [-0.2, -0.15) is 0 Å². The van der Waals surface area contributed by atoms with Crippen molar-refractivity contribution in [1.82, 2.24) is 4.90 Å². The highest BCUT2D eigenvalue weighted by molar-refractivity contribution is 8.00. The van der Waals surface area contributed by atoms with Gasteiger partial charge in [0.2, 0.25) is 5.91 Å². The quantitative estimate of drug-likeness (QED) is 0.301. The molecule has 0 bridgehead atoms. The first-order valence-corrected chi connectivity index (χ1v) is 10.3. The maximum absolute atomic E-state index is 12.4. The van der Waals surface area contributed by atoms with Crippen molar-refractivity contribution < 1.29 is 19.2 Å². The molecule has 0 spiro atoms. The molecule has 142 valence electrons. The Bertz CT molecular complexity index is 846. The van der Waals surface area contributed by atoms with Crippen LogP contribution in [0.2, 0.25) is 0 Å². The second-order valence-electron chi connectivity index (χ2n) is 6.00. The van der Waals surface area contributed by atoms with Crippen LogP contribution in [-0.2, 0) is 16.1 Å². The van der Waals surface area contributed by atoms with Crippen LogP contribution < -0.4 is 0 Å². The standard InChI is InChI=1S/C18H18N2O5S2/c21-16(19-7-3-4-8-19)12-26-15-6-2-1-5-14(15)18(22)25-10-13-9-17(20(23)24)27-11-13/h1-2,5-6,9,11H,3-4,7-8,10,12H2. The SMILES string of the molecule is O=C(OCc1csc([N+](=O)[O-])c1)c1ccccc1SCC(=O)N1CCCC1. The van der Waals surface area contributed by atoms with E-state index in [1.807, 2.05) is 11.0 Å². The molecule has 0 N–H and O–H groups in total. The number of amides is 1. The molecule has 0 radical (unpaired) electrons. The van der Waals surface area contributed by atoms with E-state index < -0.39 is 10.9 Å². The summed E-state index contributed by atoms with van der Waals surface area (Å²) >= 11 is 2.32. The Morgan fingerprint density at radius 3 is 2.70 bits per heavy atom. The second kappa shape index (κ2) is 9.01. The van der Waals surface area contributed by atoms with Crippen molar-refractivity contribution in [3.8, 4) is 0 Å². The first-order valence-electron chi connectivity index (χ1n) is 8.43. The predicted octanol–water partition coefficient (Wildman–Crippen LogP) is 3.73. The van der Waals surface area contributed by atoms with Crippen LogP contribution in [0.4, 0.5) is 5.00 Å². The third-order valence-corrected chi connectivity index (χ3v) is 6.09. The number of thiophene rings is 1. The van der Waals surface area contributed by atoms with Crippen molar-refractivity contribution in [3.05, 3.63) is 57.0 Å².